The van der Waals surface area contributed by atoms with Crippen LogP contribution in [0, 0.1) is 5.92 Å². The van der Waals surface area contributed by atoms with E-state index in [9.17, 15) is 8.42 Å². The van der Waals surface area contributed by atoms with Gasteiger partial charge in [-0.15, -0.1) is 0 Å². The number of nitrogens with zero attached hydrogens (tertiary/aromatic N) is 2. The molecule has 2 aliphatic rings. The van der Waals surface area contributed by atoms with Crippen LogP contribution in [0.3, 0.4) is 0 Å². The van der Waals surface area contributed by atoms with Crippen molar-refractivity contribution in [1.29, 1.82) is 0 Å². The number of hydrogen-bond acceptors (Lipinski definition) is 2. The zero-order valence-electron chi connectivity index (χ0n) is 9.73. The number of hydrogen-bond donors (Lipinski definition) is 0. The summed E-state index contributed by atoms with van der Waals surface area (Å²) in [5.74, 6) is 0.668. The first-order valence-corrected chi connectivity index (χ1v) is 6.98. The maximum Gasteiger partial charge on any atom is 0.281 e. The van der Waals surface area contributed by atoms with Gasteiger partial charge in [0.25, 0.3) is 10.2 Å². The van der Waals surface area contributed by atoms with Crippen molar-refractivity contribution >= 4 is 10.2 Å². The van der Waals surface area contributed by atoms with Crippen LogP contribution in [-0.4, -0.2) is 43.2 Å². The molecule has 15 heavy (non-hydrogen) atoms. The second-order valence-electron chi connectivity index (χ2n) is 5.18. The molecule has 1 saturated heterocycles. The third-order valence-corrected chi connectivity index (χ3v) is 5.70. The molecule has 88 valence electrons. The topological polar surface area (TPSA) is 40.6 Å². The van der Waals surface area contributed by atoms with Gasteiger partial charge in [-0.2, -0.15) is 17.0 Å². The molecule has 5 heteroatoms. The first-order chi connectivity index (χ1) is 6.88. The van der Waals surface area contributed by atoms with Gasteiger partial charge in [0.15, 0.2) is 0 Å². The molecule has 4 nitrogen and oxygen atoms in total. The molecule has 2 fully saturated rings. The summed E-state index contributed by atoms with van der Waals surface area (Å²) in [6.07, 6.45) is 4.13. The Bertz CT molecular complexity index is 346. The average molecular weight is 232 g/mol. The van der Waals surface area contributed by atoms with E-state index in [1.165, 1.54) is 4.31 Å². The minimum atomic E-state index is -3.20. The van der Waals surface area contributed by atoms with Gasteiger partial charge in [-0.25, -0.2) is 0 Å². The summed E-state index contributed by atoms with van der Waals surface area (Å²) in [6.45, 7) is 2.92. The van der Waals surface area contributed by atoms with E-state index >= 15 is 0 Å². The smallest absolute Gasteiger partial charge is 0.195 e. The van der Waals surface area contributed by atoms with Gasteiger partial charge in [0.05, 0.1) is 0 Å². The molecular formula is C10H20N2O2S. The maximum absolute atomic E-state index is 12.1. The molecular weight excluding hydrogens is 212 g/mol. The molecule has 1 atom stereocenters. The Labute approximate surface area is 92.4 Å². The van der Waals surface area contributed by atoms with Gasteiger partial charge in [-0.3, -0.25) is 0 Å². The maximum atomic E-state index is 12.1. The van der Waals surface area contributed by atoms with Crippen LogP contribution in [0.1, 0.15) is 32.6 Å². The Balaban J connectivity index is 2.23. The molecule has 1 saturated carbocycles. The average Bonchev–Trinajstić information content (AvgIpc) is 2.84. The predicted octanol–water partition coefficient (Wildman–Crippen LogP) is 1.06. The van der Waals surface area contributed by atoms with Crippen molar-refractivity contribution in [2.45, 2.75) is 38.1 Å². The van der Waals surface area contributed by atoms with Gasteiger partial charge in [-0.1, -0.05) is 6.92 Å². The van der Waals surface area contributed by atoms with E-state index in [1.807, 2.05) is 0 Å². The Morgan fingerprint density at radius 1 is 1.33 bits per heavy atom. The molecule has 1 unspecified atom stereocenters. The first kappa shape index (κ1) is 11.4. The van der Waals surface area contributed by atoms with E-state index in [4.69, 9.17) is 0 Å². The van der Waals surface area contributed by atoms with Gasteiger partial charge < -0.3 is 0 Å². The van der Waals surface area contributed by atoms with Crippen molar-refractivity contribution in [2.24, 2.45) is 5.92 Å². The highest BCUT2D eigenvalue weighted by Gasteiger charge is 2.55. The number of rotatable bonds is 2. The fourth-order valence-electron chi connectivity index (χ4n) is 2.58. The molecule has 0 radical (unpaired) electrons. The second kappa shape index (κ2) is 3.43. The van der Waals surface area contributed by atoms with E-state index < -0.39 is 10.2 Å². The zero-order valence-corrected chi connectivity index (χ0v) is 10.5. The van der Waals surface area contributed by atoms with Crippen molar-refractivity contribution in [2.75, 3.05) is 20.6 Å². The minimum absolute atomic E-state index is 0.0131. The summed E-state index contributed by atoms with van der Waals surface area (Å²) in [7, 11) is 0.0272. The van der Waals surface area contributed by atoms with Crippen LogP contribution in [0.4, 0.5) is 0 Å². The predicted molar refractivity (Wildman–Crippen MR) is 59.7 cm³/mol. The van der Waals surface area contributed by atoms with Crippen LogP contribution in [0.5, 0.6) is 0 Å². The van der Waals surface area contributed by atoms with E-state index in [0.29, 0.717) is 12.5 Å². The summed E-state index contributed by atoms with van der Waals surface area (Å²) in [5, 5.41) is 0. The molecule has 1 heterocycles. The van der Waals surface area contributed by atoms with Crippen LogP contribution >= 0.6 is 0 Å². The molecule has 0 aromatic rings. The molecule has 0 bridgehead atoms. The third-order valence-electron chi connectivity index (χ3n) is 3.65. The first-order valence-electron chi connectivity index (χ1n) is 5.59. The summed E-state index contributed by atoms with van der Waals surface area (Å²) in [4.78, 5) is 0. The van der Waals surface area contributed by atoms with Crippen molar-refractivity contribution < 1.29 is 8.42 Å². The minimum Gasteiger partial charge on any atom is -0.195 e. The Morgan fingerprint density at radius 3 is 2.40 bits per heavy atom. The van der Waals surface area contributed by atoms with Crippen molar-refractivity contribution in [1.82, 2.24) is 8.61 Å². The lowest BCUT2D eigenvalue weighted by molar-refractivity contribution is 0.180. The van der Waals surface area contributed by atoms with Crippen LogP contribution in [0.2, 0.25) is 0 Å². The van der Waals surface area contributed by atoms with Crippen molar-refractivity contribution in [3.63, 3.8) is 0 Å². The molecule has 1 aliphatic heterocycles. The summed E-state index contributed by atoms with van der Waals surface area (Å²) in [5.41, 5.74) is -0.0131. The summed E-state index contributed by atoms with van der Waals surface area (Å²) >= 11 is 0. The highest BCUT2D eigenvalue weighted by atomic mass is 32.2. The van der Waals surface area contributed by atoms with Crippen molar-refractivity contribution in [3.8, 4) is 0 Å². The largest absolute Gasteiger partial charge is 0.281 e. The summed E-state index contributed by atoms with van der Waals surface area (Å²) in [6, 6.07) is 0. The number of piperidine rings is 1. The Hall–Kier alpha value is -0.130. The van der Waals surface area contributed by atoms with Crippen LogP contribution in [0.25, 0.3) is 0 Å². The molecule has 0 amide bonds. The highest BCUT2D eigenvalue weighted by molar-refractivity contribution is 7.86. The van der Waals surface area contributed by atoms with E-state index in [2.05, 4.69) is 6.92 Å². The van der Waals surface area contributed by atoms with Gasteiger partial charge in [0.2, 0.25) is 0 Å². The molecule has 1 aliphatic carbocycles. The van der Waals surface area contributed by atoms with E-state index in [-0.39, 0.29) is 5.54 Å². The molecule has 2 rings (SSSR count). The van der Waals surface area contributed by atoms with Gasteiger partial charge >= 0.3 is 0 Å². The molecule has 1 spiro atoms. The van der Waals surface area contributed by atoms with Crippen molar-refractivity contribution in [3.05, 3.63) is 0 Å². The quantitative estimate of drug-likeness (QED) is 0.714. The van der Waals surface area contributed by atoms with Crippen LogP contribution < -0.4 is 0 Å². The van der Waals surface area contributed by atoms with Gasteiger partial charge in [0.1, 0.15) is 0 Å². The second-order valence-corrected chi connectivity index (χ2v) is 7.25. The van der Waals surface area contributed by atoms with Gasteiger partial charge in [-0.05, 0) is 31.6 Å². The fraction of sp³-hybridized carbons (Fsp3) is 1.00. The Kier molecular flexibility index (Phi) is 2.60. The Morgan fingerprint density at radius 2 is 1.93 bits per heavy atom. The monoisotopic (exact) mass is 232 g/mol. The molecule has 0 aromatic heterocycles. The third kappa shape index (κ3) is 1.81. The normalized spacial score (nSPS) is 31.1. The van der Waals surface area contributed by atoms with E-state index in [1.54, 1.807) is 18.4 Å². The summed E-state index contributed by atoms with van der Waals surface area (Å²) < 4.78 is 27.3. The highest BCUT2D eigenvalue weighted by Crippen LogP contribution is 2.51. The fourth-order valence-corrected chi connectivity index (χ4v) is 4.06. The lowest BCUT2D eigenvalue weighted by Gasteiger charge is -2.39. The standard InChI is InChI=1S/C10H20N2O2S/c1-9-4-7-12(10(8-9)5-6-10)15(13,14)11(2)3/h9H,4-8H2,1-3H3. The van der Waals surface area contributed by atoms with E-state index in [0.717, 1.165) is 25.7 Å². The van der Waals surface area contributed by atoms with Gasteiger partial charge in [0, 0.05) is 26.2 Å². The lowest BCUT2D eigenvalue weighted by Crippen LogP contribution is -2.51. The lowest BCUT2D eigenvalue weighted by atomic mass is 9.93. The SMILES string of the molecule is CC1CCN(S(=O)(=O)N(C)C)C2(CC2)C1. The zero-order chi connectivity index (χ0) is 11.3. The molecule has 0 N–H and O–H groups in total. The van der Waals surface area contributed by atoms with Crippen LogP contribution in [0.15, 0.2) is 0 Å². The molecule has 0 aromatic carbocycles. The van der Waals surface area contributed by atoms with Crippen LogP contribution in [-0.2, 0) is 10.2 Å².